The quantitative estimate of drug-likeness (QED) is 0.589. The molecule has 2 heterocycles. The van der Waals surface area contributed by atoms with Crippen LogP contribution in [0, 0.1) is 11.3 Å². The maximum absolute atomic E-state index is 14.2. The summed E-state index contributed by atoms with van der Waals surface area (Å²) in [6.45, 7) is 20.7. The highest BCUT2D eigenvalue weighted by atomic mass is 28.3. The number of nitriles is 1. The fourth-order valence-corrected chi connectivity index (χ4v) is 5.24. The van der Waals surface area contributed by atoms with Crippen molar-refractivity contribution in [1.82, 2.24) is 4.57 Å². The summed E-state index contributed by atoms with van der Waals surface area (Å²) in [5, 5.41) is 21.0. The number of aromatic nitrogens is 1. The Balaban J connectivity index is 2.44. The second-order valence-electron chi connectivity index (χ2n) is 12.3. The zero-order valence-corrected chi connectivity index (χ0v) is 23.7. The lowest BCUT2D eigenvalue weighted by atomic mass is 9.74. The molecule has 0 unspecified atom stereocenters. The molecule has 0 fully saturated rings. The standard InChI is InChI=1S/C28H39N2O4Si/c1-26(2,3)20-15-30(25(32)19(16-33-35(9)10)22(20)27(4,5)6)23-18-13-17(14-29)11-12-21(18)34-28(7,8)24(23)31/h11-13,15,23-24,31H,16H2,1-10H3/t23-,24+/m1/s1. The topological polar surface area (TPSA) is 84.5 Å². The number of hydrogen-bond acceptors (Lipinski definition) is 5. The average Bonchev–Trinajstić information content (AvgIpc) is 2.72. The second-order valence-corrected chi connectivity index (χ2v) is 14.4. The molecule has 0 spiro atoms. The van der Waals surface area contributed by atoms with Crippen LogP contribution >= 0.6 is 0 Å². The van der Waals surface area contributed by atoms with Gasteiger partial charge in [0.15, 0.2) is 0 Å². The van der Waals surface area contributed by atoms with E-state index in [0.29, 0.717) is 22.4 Å². The Morgan fingerprint density at radius 1 is 1.17 bits per heavy atom. The predicted octanol–water partition coefficient (Wildman–Crippen LogP) is 5.20. The second kappa shape index (κ2) is 9.23. The highest BCUT2D eigenvalue weighted by Crippen LogP contribution is 2.43. The third kappa shape index (κ3) is 5.25. The van der Waals surface area contributed by atoms with Gasteiger partial charge in [0, 0.05) is 17.3 Å². The van der Waals surface area contributed by atoms with E-state index in [4.69, 9.17) is 9.16 Å². The monoisotopic (exact) mass is 495 g/mol. The summed E-state index contributed by atoms with van der Waals surface area (Å²) in [5.74, 6) is 0.568. The number of benzene rings is 1. The molecule has 2 aromatic rings. The van der Waals surface area contributed by atoms with Gasteiger partial charge in [-0.05, 0) is 67.1 Å². The average molecular weight is 496 g/mol. The Morgan fingerprint density at radius 2 is 1.80 bits per heavy atom. The first-order chi connectivity index (χ1) is 16.0. The fraction of sp³-hybridized carbons (Fsp3) is 0.571. The number of hydrogen-bond donors (Lipinski definition) is 1. The van der Waals surface area contributed by atoms with Crippen LogP contribution in [0.5, 0.6) is 5.75 Å². The highest BCUT2D eigenvalue weighted by molar-refractivity contribution is 6.48. The number of aliphatic hydroxyl groups is 1. The molecule has 0 aliphatic carbocycles. The lowest BCUT2D eigenvalue weighted by molar-refractivity contribution is -0.0644. The largest absolute Gasteiger partial charge is 0.485 e. The van der Waals surface area contributed by atoms with Gasteiger partial charge >= 0.3 is 0 Å². The van der Waals surface area contributed by atoms with E-state index in [-0.39, 0.29) is 23.0 Å². The van der Waals surface area contributed by atoms with Crippen LogP contribution in [0.15, 0.2) is 29.2 Å². The molecule has 1 N–H and O–H groups in total. The maximum atomic E-state index is 14.2. The number of rotatable bonds is 4. The Labute approximate surface area is 211 Å². The molecule has 35 heavy (non-hydrogen) atoms. The van der Waals surface area contributed by atoms with Crippen LogP contribution in [0.25, 0.3) is 0 Å². The van der Waals surface area contributed by atoms with Crippen molar-refractivity contribution in [2.75, 3.05) is 0 Å². The lowest BCUT2D eigenvalue weighted by Crippen LogP contribution is -2.52. The molecule has 6 nitrogen and oxygen atoms in total. The molecule has 2 atom stereocenters. The predicted molar refractivity (Wildman–Crippen MR) is 140 cm³/mol. The SMILES string of the molecule is C[Si](C)OCc1c(C(C)(C)C)c(C(C)(C)C)cn([C@@H]2c3cc(C#N)ccc3OC(C)(C)[C@H]2O)c1=O. The lowest BCUT2D eigenvalue weighted by Gasteiger charge is -2.43. The summed E-state index contributed by atoms with van der Waals surface area (Å²) in [7, 11) is -1.03. The van der Waals surface area contributed by atoms with Crippen molar-refractivity contribution in [3.05, 3.63) is 62.6 Å². The van der Waals surface area contributed by atoms with Gasteiger partial charge in [0.2, 0.25) is 9.04 Å². The van der Waals surface area contributed by atoms with E-state index in [1.807, 2.05) is 20.0 Å². The van der Waals surface area contributed by atoms with Crippen molar-refractivity contribution in [2.24, 2.45) is 0 Å². The van der Waals surface area contributed by atoms with Crippen molar-refractivity contribution in [2.45, 2.75) is 104 Å². The smallest absolute Gasteiger partial charge is 0.257 e. The fourth-order valence-electron chi connectivity index (χ4n) is 4.81. The zero-order valence-electron chi connectivity index (χ0n) is 22.7. The summed E-state index contributed by atoms with van der Waals surface area (Å²) in [4.78, 5) is 14.2. The van der Waals surface area contributed by atoms with Crippen LogP contribution in [0.3, 0.4) is 0 Å². The third-order valence-electron chi connectivity index (χ3n) is 6.54. The number of aliphatic hydroxyl groups excluding tert-OH is 1. The molecule has 0 saturated carbocycles. The number of pyridine rings is 1. The molecular formula is C28H39N2O4Si. The van der Waals surface area contributed by atoms with E-state index in [2.05, 4.69) is 60.7 Å². The third-order valence-corrected chi connectivity index (χ3v) is 7.26. The summed E-state index contributed by atoms with van der Waals surface area (Å²) in [6.07, 6.45) is 0.898. The molecular weight excluding hydrogens is 456 g/mol. The van der Waals surface area contributed by atoms with E-state index in [1.165, 1.54) is 0 Å². The number of fused-ring (bicyclic) bond motifs is 1. The number of nitrogens with zero attached hydrogens (tertiary/aromatic N) is 2. The molecule has 1 aliphatic rings. The highest BCUT2D eigenvalue weighted by Gasteiger charge is 2.45. The Kier molecular flexibility index (Phi) is 7.17. The maximum Gasteiger partial charge on any atom is 0.257 e. The van der Waals surface area contributed by atoms with Crippen molar-refractivity contribution < 1.29 is 14.3 Å². The molecule has 7 heteroatoms. The minimum atomic E-state index is -1.03. The molecule has 0 bridgehead atoms. The van der Waals surface area contributed by atoms with Crippen LogP contribution in [0.1, 0.15) is 89.2 Å². The van der Waals surface area contributed by atoms with E-state index < -0.39 is 26.8 Å². The van der Waals surface area contributed by atoms with Gasteiger partial charge < -0.3 is 18.8 Å². The summed E-state index contributed by atoms with van der Waals surface area (Å²) in [5.41, 5.74) is 2.09. The summed E-state index contributed by atoms with van der Waals surface area (Å²) >= 11 is 0. The first kappa shape index (κ1) is 27.2. The molecule has 0 saturated heterocycles. The van der Waals surface area contributed by atoms with Crippen LogP contribution in [0.4, 0.5) is 0 Å². The van der Waals surface area contributed by atoms with E-state index in [1.54, 1.807) is 22.8 Å². The van der Waals surface area contributed by atoms with Crippen molar-refractivity contribution >= 4 is 9.04 Å². The first-order valence-corrected chi connectivity index (χ1v) is 14.5. The molecule has 189 valence electrons. The van der Waals surface area contributed by atoms with Crippen LogP contribution in [-0.2, 0) is 21.9 Å². The van der Waals surface area contributed by atoms with Crippen molar-refractivity contribution in [3.63, 3.8) is 0 Å². The van der Waals surface area contributed by atoms with Crippen molar-refractivity contribution in [3.8, 4) is 11.8 Å². The Bertz CT molecular complexity index is 1210. The zero-order chi connectivity index (χ0) is 26.5. The van der Waals surface area contributed by atoms with Gasteiger partial charge in [-0.25, -0.2) is 0 Å². The van der Waals surface area contributed by atoms with Gasteiger partial charge in [0.1, 0.15) is 17.5 Å². The number of ether oxygens (including phenoxy) is 1. The van der Waals surface area contributed by atoms with Crippen LogP contribution in [-0.4, -0.2) is 30.4 Å². The first-order valence-electron chi connectivity index (χ1n) is 12.1. The van der Waals surface area contributed by atoms with E-state index in [0.717, 1.165) is 11.1 Å². The molecule has 1 aliphatic heterocycles. The van der Waals surface area contributed by atoms with Gasteiger partial charge in [-0.2, -0.15) is 5.26 Å². The molecule has 1 radical (unpaired) electrons. The van der Waals surface area contributed by atoms with Gasteiger partial charge in [-0.1, -0.05) is 41.5 Å². The van der Waals surface area contributed by atoms with Gasteiger partial charge in [-0.15, -0.1) is 0 Å². The Hall–Kier alpha value is -2.40. The van der Waals surface area contributed by atoms with Crippen molar-refractivity contribution in [1.29, 1.82) is 5.26 Å². The summed E-state index contributed by atoms with van der Waals surface area (Å²) in [6, 6.07) is 6.62. The Morgan fingerprint density at radius 3 is 2.31 bits per heavy atom. The normalized spacial score (nSPS) is 19.7. The molecule has 0 amide bonds. The molecule has 3 rings (SSSR count). The minimum absolute atomic E-state index is 0.179. The summed E-state index contributed by atoms with van der Waals surface area (Å²) < 4.78 is 13.9. The minimum Gasteiger partial charge on any atom is -0.485 e. The molecule has 1 aromatic carbocycles. The van der Waals surface area contributed by atoms with E-state index in [9.17, 15) is 15.2 Å². The molecule has 1 aromatic heterocycles. The van der Waals surface area contributed by atoms with Gasteiger partial charge in [-0.3, -0.25) is 4.79 Å². The van der Waals surface area contributed by atoms with Gasteiger partial charge in [0.05, 0.1) is 24.3 Å². The van der Waals surface area contributed by atoms with Gasteiger partial charge in [0.25, 0.3) is 5.56 Å². The van der Waals surface area contributed by atoms with E-state index >= 15 is 0 Å². The van der Waals surface area contributed by atoms with Crippen LogP contribution < -0.4 is 10.3 Å². The van der Waals surface area contributed by atoms with Crippen LogP contribution in [0.2, 0.25) is 13.1 Å².